The molecule has 2 amide bonds. The van der Waals surface area contributed by atoms with Gasteiger partial charge >= 0.3 is 0 Å². The fraction of sp³-hybridized carbons (Fsp3) is 0.107. The molecule has 1 aliphatic rings. The number of hydrogen-bond donors (Lipinski definition) is 2. The SMILES string of the molecule is O=C(Nc1cccc(C(=O)Nc2ccncc2)c1)c1ccc(N2CCc3ccccc3C2)cc1. The van der Waals surface area contributed by atoms with E-state index in [9.17, 15) is 9.59 Å². The van der Waals surface area contributed by atoms with Crippen LogP contribution in [0.5, 0.6) is 0 Å². The number of amides is 2. The third-order valence-corrected chi connectivity index (χ3v) is 5.95. The predicted octanol–water partition coefficient (Wildman–Crippen LogP) is 5.15. The monoisotopic (exact) mass is 448 g/mol. The van der Waals surface area contributed by atoms with E-state index in [1.165, 1.54) is 11.1 Å². The molecule has 2 N–H and O–H groups in total. The summed E-state index contributed by atoms with van der Waals surface area (Å²) >= 11 is 0. The first-order chi connectivity index (χ1) is 16.7. The van der Waals surface area contributed by atoms with Gasteiger partial charge in [0.05, 0.1) is 0 Å². The molecule has 0 radical (unpaired) electrons. The Labute approximate surface area is 198 Å². The highest BCUT2D eigenvalue weighted by Gasteiger charge is 2.17. The summed E-state index contributed by atoms with van der Waals surface area (Å²) in [5, 5.41) is 5.70. The first-order valence-corrected chi connectivity index (χ1v) is 11.2. The van der Waals surface area contributed by atoms with Crippen molar-refractivity contribution in [3.8, 4) is 0 Å². The van der Waals surface area contributed by atoms with Crippen molar-refractivity contribution in [2.45, 2.75) is 13.0 Å². The number of carbonyl (C=O) groups excluding carboxylic acids is 2. The molecule has 0 bridgehead atoms. The Balaban J connectivity index is 1.23. The van der Waals surface area contributed by atoms with E-state index in [4.69, 9.17) is 0 Å². The van der Waals surface area contributed by atoms with E-state index >= 15 is 0 Å². The summed E-state index contributed by atoms with van der Waals surface area (Å²) in [6, 6.07) is 26.5. The van der Waals surface area contributed by atoms with Crippen LogP contribution >= 0.6 is 0 Å². The maximum atomic E-state index is 12.8. The van der Waals surface area contributed by atoms with E-state index in [2.05, 4.69) is 44.8 Å². The molecule has 0 fully saturated rings. The molecule has 6 nitrogen and oxygen atoms in total. The number of aromatic nitrogens is 1. The molecule has 0 saturated heterocycles. The van der Waals surface area contributed by atoms with Crippen LogP contribution in [0.15, 0.2) is 97.3 Å². The van der Waals surface area contributed by atoms with E-state index in [1.54, 1.807) is 48.8 Å². The molecule has 0 unspecified atom stereocenters. The van der Waals surface area contributed by atoms with Crippen molar-refractivity contribution in [2.75, 3.05) is 22.1 Å². The van der Waals surface area contributed by atoms with E-state index in [0.29, 0.717) is 22.5 Å². The van der Waals surface area contributed by atoms with E-state index < -0.39 is 0 Å². The van der Waals surface area contributed by atoms with Gasteiger partial charge in [-0.1, -0.05) is 30.3 Å². The Morgan fingerprint density at radius 1 is 0.706 bits per heavy atom. The van der Waals surface area contributed by atoms with Crippen molar-refractivity contribution < 1.29 is 9.59 Å². The van der Waals surface area contributed by atoms with Crippen LogP contribution in [0.2, 0.25) is 0 Å². The van der Waals surface area contributed by atoms with Gasteiger partial charge in [-0.05, 0) is 72.1 Å². The summed E-state index contributed by atoms with van der Waals surface area (Å²) in [6.07, 6.45) is 4.24. The highest BCUT2D eigenvalue weighted by Crippen LogP contribution is 2.25. The number of hydrogen-bond acceptors (Lipinski definition) is 4. The number of anilines is 3. The molecule has 1 aromatic heterocycles. The first-order valence-electron chi connectivity index (χ1n) is 11.2. The number of pyridine rings is 1. The third-order valence-electron chi connectivity index (χ3n) is 5.95. The van der Waals surface area contributed by atoms with Crippen molar-refractivity contribution >= 4 is 28.9 Å². The molecule has 0 saturated carbocycles. The number of nitrogens with one attached hydrogen (secondary N) is 2. The molecule has 0 spiro atoms. The summed E-state index contributed by atoms with van der Waals surface area (Å²) < 4.78 is 0. The summed E-state index contributed by atoms with van der Waals surface area (Å²) in [6.45, 7) is 1.83. The Hall–Kier alpha value is -4.45. The van der Waals surface area contributed by atoms with Gasteiger partial charge in [-0.2, -0.15) is 0 Å². The van der Waals surface area contributed by atoms with Gasteiger partial charge < -0.3 is 15.5 Å². The normalized spacial score (nSPS) is 12.5. The van der Waals surface area contributed by atoms with Crippen LogP contribution in [-0.4, -0.2) is 23.3 Å². The van der Waals surface area contributed by atoms with Crippen molar-refractivity contribution in [2.24, 2.45) is 0 Å². The predicted molar refractivity (Wildman–Crippen MR) is 134 cm³/mol. The minimum atomic E-state index is -0.255. The summed E-state index contributed by atoms with van der Waals surface area (Å²) in [5.41, 5.74) is 6.09. The smallest absolute Gasteiger partial charge is 0.255 e. The van der Waals surface area contributed by atoms with Crippen LogP contribution in [0, 0.1) is 0 Å². The van der Waals surface area contributed by atoms with E-state index in [-0.39, 0.29) is 11.8 Å². The molecule has 34 heavy (non-hydrogen) atoms. The molecular formula is C28H24N4O2. The molecule has 0 atom stereocenters. The molecule has 2 heterocycles. The summed E-state index contributed by atoms with van der Waals surface area (Å²) in [5.74, 6) is -0.475. The number of fused-ring (bicyclic) bond motifs is 1. The molecule has 1 aliphatic heterocycles. The van der Waals surface area contributed by atoms with Crippen LogP contribution in [0.25, 0.3) is 0 Å². The highest BCUT2D eigenvalue weighted by molar-refractivity contribution is 6.07. The van der Waals surface area contributed by atoms with Crippen molar-refractivity contribution in [3.05, 3.63) is 120 Å². The lowest BCUT2D eigenvalue weighted by molar-refractivity contribution is 0.101. The standard InChI is InChI=1S/C28H24N4O2/c33-27(31-25-7-3-6-22(18-25)28(34)30-24-12-15-29-16-13-24)21-8-10-26(11-9-21)32-17-14-20-4-1-2-5-23(20)19-32/h1-13,15-16,18H,14,17,19H2,(H,31,33)(H,29,30,34). The number of benzene rings is 3. The van der Waals surface area contributed by atoms with Crippen LogP contribution < -0.4 is 15.5 Å². The molecule has 168 valence electrons. The maximum Gasteiger partial charge on any atom is 0.255 e. The number of nitrogens with zero attached hydrogens (tertiary/aromatic N) is 2. The highest BCUT2D eigenvalue weighted by atomic mass is 16.2. The Morgan fingerprint density at radius 2 is 1.41 bits per heavy atom. The number of carbonyl (C=O) groups is 2. The molecule has 3 aromatic carbocycles. The molecular weight excluding hydrogens is 424 g/mol. The van der Waals surface area contributed by atoms with Gasteiger partial charge in [-0.15, -0.1) is 0 Å². The second-order valence-electron chi connectivity index (χ2n) is 8.21. The minimum Gasteiger partial charge on any atom is -0.367 e. The molecule has 0 aliphatic carbocycles. The fourth-order valence-electron chi connectivity index (χ4n) is 4.12. The van der Waals surface area contributed by atoms with Crippen LogP contribution in [0.4, 0.5) is 17.1 Å². The summed E-state index contributed by atoms with van der Waals surface area (Å²) in [7, 11) is 0. The van der Waals surface area contributed by atoms with Crippen LogP contribution in [0.3, 0.4) is 0 Å². The average Bonchev–Trinajstić information content (AvgIpc) is 2.89. The second-order valence-corrected chi connectivity index (χ2v) is 8.21. The van der Waals surface area contributed by atoms with Gasteiger partial charge in [0.15, 0.2) is 0 Å². The minimum absolute atomic E-state index is 0.220. The first kappa shape index (κ1) is 21.4. The van der Waals surface area contributed by atoms with Crippen LogP contribution in [0.1, 0.15) is 31.8 Å². The zero-order valence-electron chi connectivity index (χ0n) is 18.6. The fourth-order valence-corrected chi connectivity index (χ4v) is 4.12. The Bertz CT molecular complexity index is 1320. The van der Waals surface area contributed by atoms with Gasteiger partial charge in [-0.3, -0.25) is 14.6 Å². The van der Waals surface area contributed by atoms with Gasteiger partial charge in [0.25, 0.3) is 11.8 Å². The van der Waals surface area contributed by atoms with Crippen molar-refractivity contribution in [1.29, 1.82) is 0 Å². The topological polar surface area (TPSA) is 74.3 Å². The number of rotatable bonds is 5. The zero-order valence-corrected chi connectivity index (χ0v) is 18.6. The average molecular weight is 449 g/mol. The van der Waals surface area contributed by atoms with Gasteiger partial charge in [0.1, 0.15) is 0 Å². The zero-order chi connectivity index (χ0) is 23.3. The van der Waals surface area contributed by atoms with E-state index in [0.717, 1.165) is 25.2 Å². The van der Waals surface area contributed by atoms with Gasteiger partial charge in [-0.25, -0.2) is 0 Å². The lowest BCUT2D eigenvalue weighted by atomic mass is 9.99. The Morgan fingerprint density at radius 3 is 2.21 bits per heavy atom. The third kappa shape index (κ3) is 4.81. The summed E-state index contributed by atoms with van der Waals surface area (Å²) in [4.78, 5) is 31.6. The molecule has 5 rings (SSSR count). The van der Waals surface area contributed by atoms with Crippen molar-refractivity contribution in [3.63, 3.8) is 0 Å². The molecule has 6 heteroatoms. The van der Waals surface area contributed by atoms with E-state index in [1.807, 2.05) is 24.3 Å². The maximum absolute atomic E-state index is 12.8. The lowest BCUT2D eigenvalue weighted by Gasteiger charge is -2.30. The molecule has 4 aromatic rings. The van der Waals surface area contributed by atoms with Crippen LogP contribution in [-0.2, 0) is 13.0 Å². The largest absolute Gasteiger partial charge is 0.367 e. The van der Waals surface area contributed by atoms with Gasteiger partial charge in [0.2, 0.25) is 0 Å². The Kier molecular flexibility index (Phi) is 6.03. The van der Waals surface area contributed by atoms with Gasteiger partial charge in [0, 0.05) is 53.7 Å². The quantitative estimate of drug-likeness (QED) is 0.443. The lowest BCUT2D eigenvalue weighted by Crippen LogP contribution is -2.30. The second kappa shape index (κ2) is 9.58. The van der Waals surface area contributed by atoms with Crippen molar-refractivity contribution in [1.82, 2.24) is 4.98 Å².